The van der Waals surface area contributed by atoms with Crippen molar-refractivity contribution in [3.8, 4) is 6.07 Å². The first-order chi connectivity index (χ1) is 8.17. The molecule has 0 aliphatic heterocycles. The van der Waals surface area contributed by atoms with Crippen molar-refractivity contribution >= 4 is 0 Å². The van der Waals surface area contributed by atoms with Gasteiger partial charge in [-0.05, 0) is 24.9 Å². The van der Waals surface area contributed by atoms with Crippen molar-refractivity contribution < 1.29 is 0 Å². The summed E-state index contributed by atoms with van der Waals surface area (Å²) in [7, 11) is 0. The molecule has 0 unspecified atom stereocenters. The van der Waals surface area contributed by atoms with Crippen molar-refractivity contribution in [1.29, 1.82) is 5.26 Å². The predicted molar refractivity (Wildman–Crippen MR) is 71.8 cm³/mol. The minimum Gasteiger partial charge on any atom is -0.316 e. The molecule has 0 heterocycles. The zero-order valence-corrected chi connectivity index (χ0v) is 10.9. The highest BCUT2D eigenvalue weighted by Gasteiger charge is 2.19. The van der Waals surface area contributed by atoms with Gasteiger partial charge in [0.25, 0.3) is 0 Å². The number of benzene rings is 1. The van der Waals surface area contributed by atoms with Crippen molar-refractivity contribution in [1.82, 2.24) is 5.32 Å². The molecule has 92 valence electrons. The van der Waals surface area contributed by atoms with Gasteiger partial charge >= 0.3 is 0 Å². The normalized spacial score (nSPS) is 11.1. The molecule has 0 fully saturated rings. The van der Waals surface area contributed by atoms with Crippen molar-refractivity contribution in [2.75, 3.05) is 13.1 Å². The summed E-state index contributed by atoms with van der Waals surface area (Å²) in [4.78, 5) is 0. The van der Waals surface area contributed by atoms with Gasteiger partial charge in [-0.3, -0.25) is 0 Å². The maximum Gasteiger partial charge on any atom is 0.0621 e. The van der Waals surface area contributed by atoms with E-state index >= 15 is 0 Å². The van der Waals surface area contributed by atoms with Gasteiger partial charge in [-0.25, -0.2) is 0 Å². The van der Waals surface area contributed by atoms with Crippen LogP contribution in [0.5, 0.6) is 0 Å². The van der Waals surface area contributed by atoms with Gasteiger partial charge in [-0.2, -0.15) is 5.26 Å². The zero-order valence-electron chi connectivity index (χ0n) is 10.9. The number of unbranched alkanes of at least 4 members (excludes halogenated alkanes) is 2. The first-order valence-corrected chi connectivity index (χ1v) is 6.30. The van der Waals surface area contributed by atoms with Crippen LogP contribution < -0.4 is 5.32 Å². The molecule has 0 radical (unpaired) electrons. The SMILES string of the molecule is CC(C)(CNCCCCC#N)c1ccccc1. The average Bonchev–Trinajstić information content (AvgIpc) is 2.35. The molecule has 0 amide bonds. The Labute approximate surface area is 105 Å². The molecule has 2 heteroatoms. The summed E-state index contributed by atoms with van der Waals surface area (Å²) in [6.07, 6.45) is 2.75. The van der Waals surface area contributed by atoms with Gasteiger partial charge in [-0.15, -0.1) is 0 Å². The number of hydrogen-bond donors (Lipinski definition) is 1. The van der Waals surface area contributed by atoms with Crippen LogP contribution in [0, 0.1) is 11.3 Å². The second kappa shape index (κ2) is 7.09. The van der Waals surface area contributed by atoms with Crippen LogP contribution in [0.1, 0.15) is 38.7 Å². The third-order valence-corrected chi connectivity index (χ3v) is 3.01. The molecule has 2 nitrogen and oxygen atoms in total. The average molecular weight is 230 g/mol. The van der Waals surface area contributed by atoms with Crippen molar-refractivity contribution in [3.05, 3.63) is 35.9 Å². The molecule has 0 saturated heterocycles. The Balaban J connectivity index is 2.29. The van der Waals surface area contributed by atoms with E-state index < -0.39 is 0 Å². The van der Waals surface area contributed by atoms with Crippen molar-refractivity contribution in [2.45, 2.75) is 38.5 Å². The lowest BCUT2D eigenvalue weighted by Gasteiger charge is -2.25. The summed E-state index contributed by atoms with van der Waals surface area (Å²) >= 11 is 0. The van der Waals surface area contributed by atoms with Crippen molar-refractivity contribution in [3.63, 3.8) is 0 Å². The highest BCUT2D eigenvalue weighted by molar-refractivity contribution is 5.23. The fourth-order valence-corrected chi connectivity index (χ4v) is 1.85. The van der Waals surface area contributed by atoms with Crippen molar-refractivity contribution in [2.24, 2.45) is 0 Å². The van der Waals surface area contributed by atoms with Crippen LogP contribution in [0.15, 0.2) is 30.3 Å². The minimum absolute atomic E-state index is 0.163. The Kier molecular flexibility index (Phi) is 5.72. The Bertz CT molecular complexity index is 349. The van der Waals surface area contributed by atoms with E-state index in [9.17, 15) is 0 Å². The van der Waals surface area contributed by atoms with Crippen LogP contribution >= 0.6 is 0 Å². The van der Waals surface area contributed by atoms with Gasteiger partial charge in [0, 0.05) is 18.4 Å². The molecule has 1 N–H and O–H groups in total. The molecule has 0 saturated carbocycles. The Morgan fingerprint density at radius 1 is 1.18 bits per heavy atom. The molecule has 17 heavy (non-hydrogen) atoms. The van der Waals surface area contributed by atoms with E-state index in [0.717, 1.165) is 25.9 Å². The van der Waals surface area contributed by atoms with E-state index in [-0.39, 0.29) is 5.41 Å². The van der Waals surface area contributed by atoms with Crippen LogP contribution in [0.3, 0.4) is 0 Å². The molecule has 0 aliphatic carbocycles. The van der Waals surface area contributed by atoms with E-state index in [1.807, 2.05) is 0 Å². The molecule has 0 aliphatic rings. The summed E-state index contributed by atoms with van der Waals surface area (Å²) in [5.74, 6) is 0. The highest BCUT2D eigenvalue weighted by Crippen LogP contribution is 2.21. The minimum atomic E-state index is 0.163. The van der Waals surface area contributed by atoms with E-state index in [4.69, 9.17) is 5.26 Å². The molecule has 1 aromatic carbocycles. The van der Waals surface area contributed by atoms with E-state index in [2.05, 4.69) is 55.6 Å². The van der Waals surface area contributed by atoms with Gasteiger partial charge in [0.1, 0.15) is 0 Å². The zero-order chi connectivity index (χ0) is 12.6. The Hall–Kier alpha value is -1.33. The second-order valence-electron chi connectivity index (χ2n) is 5.04. The maximum absolute atomic E-state index is 8.43. The van der Waals surface area contributed by atoms with Crippen LogP contribution in [-0.4, -0.2) is 13.1 Å². The largest absolute Gasteiger partial charge is 0.316 e. The number of nitriles is 1. The lowest BCUT2D eigenvalue weighted by molar-refractivity contribution is 0.464. The van der Waals surface area contributed by atoms with Crippen LogP contribution in [0.4, 0.5) is 0 Å². The topological polar surface area (TPSA) is 35.8 Å². The number of nitrogens with one attached hydrogen (secondary N) is 1. The second-order valence-corrected chi connectivity index (χ2v) is 5.04. The molecule has 0 spiro atoms. The molecule has 0 aromatic heterocycles. The Morgan fingerprint density at radius 3 is 2.53 bits per heavy atom. The fourth-order valence-electron chi connectivity index (χ4n) is 1.85. The molecule has 1 aromatic rings. The molecule has 0 atom stereocenters. The highest BCUT2D eigenvalue weighted by atomic mass is 14.9. The van der Waals surface area contributed by atoms with Gasteiger partial charge in [0.15, 0.2) is 0 Å². The summed E-state index contributed by atoms with van der Waals surface area (Å²) in [5, 5.41) is 11.9. The number of hydrogen-bond acceptors (Lipinski definition) is 2. The van der Waals surface area contributed by atoms with E-state index in [1.165, 1.54) is 5.56 Å². The summed E-state index contributed by atoms with van der Waals surface area (Å²) in [6.45, 7) is 6.48. The monoisotopic (exact) mass is 230 g/mol. The Morgan fingerprint density at radius 2 is 1.88 bits per heavy atom. The van der Waals surface area contributed by atoms with Crippen LogP contribution in [0.2, 0.25) is 0 Å². The van der Waals surface area contributed by atoms with Gasteiger partial charge < -0.3 is 5.32 Å². The number of rotatable bonds is 7. The third kappa shape index (κ3) is 5.01. The lowest BCUT2D eigenvalue weighted by atomic mass is 9.84. The summed E-state index contributed by atoms with van der Waals surface area (Å²) in [6, 6.07) is 12.8. The van der Waals surface area contributed by atoms with E-state index in [1.54, 1.807) is 0 Å². The quantitative estimate of drug-likeness (QED) is 0.730. The van der Waals surface area contributed by atoms with E-state index in [0.29, 0.717) is 6.42 Å². The first-order valence-electron chi connectivity index (χ1n) is 6.30. The molecule has 1 rings (SSSR count). The summed E-state index contributed by atoms with van der Waals surface area (Å²) in [5.41, 5.74) is 1.53. The molecule has 0 bridgehead atoms. The first kappa shape index (κ1) is 13.7. The van der Waals surface area contributed by atoms with Gasteiger partial charge in [0.2, 0.25) is 0 Å². The van der Waals surface area contributed by atoms with Crippen LogP contribution in [0.25, 0.3) is 0 Å². The third-order valence-electron chi connectivity index (χ3n) is 3.01. The summed E-state index contributed by atoms with van der Waals surface area (Å²) < 4.78 is 0. The molecular formula is C15H22N2. The predicted octanol–water partition coefficient (Wildman–Crippen LogP) is 3.25. The maximum atomic E-state index is 8.43. The van der Waals surface area contributed by atoms with Crippen LogP contribution in [-0.2, 0) is 5.41 Å². The fraction of sp³-hybridized carbons (Fsp3) is 0.533. The lowest BCUT2D eigenvalue weighted by Crippen LogP contribution is -2.33. The number of nitrogens with zero attached hydrogens (tertiary/aromatic N) is 1. The smallest absolute Gasteiger partial charge is 0.0621 e. The van der Waals surface area contributed by atoms with Gasteiger partial charge in [-0.1, -0.05) is 44.2 Å². The standard InChI is InChI=1S/C15H22N2/c1-15(2,14-9-5-3-6-10-14)13-17-12-8-4-7-11-16/h3,5-6,9-10,17H,4,7-8,12-13H2,1-2H3. The van der Waals surface area contributed by atoms with Gasteiger partial charge in [0.05, 0.1) is 6.07 Å². The molecular weight excluding hydrogens is 208 g/mol.